The van der Waals surface area contributed by atoms with E-state index >= 15 is 0 Å². The minimum Gasteiger partial charge on any atom is -0.484 e. The molecule has 1 fully saturated rings. The van der Waals surface area contributed by atoms with Crippen molar-refractivity contribution >= 4 is 40.7 Å². The molecule has 1 aliphatic heterocycles. The first kappa shape index (κ1) is 25.3. The van der Waals surface area contributed by atoms with Gasteiger partial charge in [-0.3, -0.25) is 14.4 Å². The van der Waals surface area contributed by atoms with Gasteiger partial charge in [-0.25, -0.2) is 0 Å². The number of carbonyl (C=O) groups excluding carboxylic acids is 3. The molecule has 1 aliphatic rings. The second kappa shape index (κ2) is 11.7. The predicted molar refractivity (Wildman–Crippen MR) is 140 cm³/mol. The molecule has 0 aliphatic carbocycles. The number of aryl methyl sites for hydroxylation is 1. The van der Waals surface area contributed by atoms with Crippen molar-refractivity contribution in [2.24, 2.45) is 5.92 Å². The van der Waals surface area contributed by atoms with Gasteiger partial charge < -0.3 is 20.3 Å². The van der Waals surface area contributed by atoms with E-state index < -0.39 is 0 Å². The smallest absolute Gasteiger partial charge is 0.262 e. The summed E-state index contributed by atoms with van der Waals surface area (Å²) in [5.74, 6) is -0.402. The maximum absolute atomic E-state index is 12.6. The summed E-state index contributed by atoms with van der Waals surface area (Å²) in [6.07, 6.45) is 0.924. The summed E-state index contributed by atoms with van der Waals surface area (Å²) in [6, 6.07) is 22.1. The molecule has 3 aromatic carbocycles. The second-order valence-electron chi connectivity index (χ2n) is 8.73. The highest BCUT2D eigenvalue weighted by Gasteiger charge is 2.34. The average molecular weight is 506 g/mol. The Morgan fingerprint density at radius 1 is 1.06 bits per heavy atom. The van der Waals surface area contributed by atoms with Crippen LogP contribution in [0, 0.1) is 12.8 Å². The maximum atomic E-state index is 12.6. The molecule has 0 radical (unpaired) electrons. The third-order valence-corrected chi connectivity index (χ3v) is 6.43. The van der Waals surface area contributed by atoms with E-state index in [1.54, 1.807) is 41.3 Å². The average Bonchev–Trinajstić information content (AvgIpc) is 3.27. The van der Waals surface area contributed by atoms with Crippen LogP contribution in [0.3, 0.4) is 0 Å². The molecule has 0 aromatic heterocycles. The van der Waals surface area contributed by atoms with Crippen LogP contribution >= 0.6 is 11.6 Å². The van der Waals surface area contributed by atoms with Gasteiger partial charge in [-0.2, -0.15) is 0 Å². The first-order chi connectivity index (χ1) is 17.4. The maximum Gasteiger partial charge on any atom is 0.262 e. The Kier molecular flexibility index (Phi) is 8.23. The first-order valence-electron chi connectivity index (χ1n) is 11.8. The van der Waals surface area contributed by atoms with Crippen LogP contribution in [0.1, 0.15) is 17.5 Å². The molecular weight excluding hydrogens is 478 g/mol. The molecule has 1 atom stereocenters. The Hall–Kier alpha value is -3.84. The largest absolute Gasteiger partial charge is 0.484 e. The zero-order valence-electron chi connectivity index (χ0n) is 20.0. The Balaban J connectivity index is 1.24. The van der Waals surface area contributed by atoms with Crippen LogP contribution in [-0.4, -0.2) is 37.4 Å². The number of anilines is 2. The van der Waals surface area contributed by atoms with Gasteiger partial charge >= 0.3 is 0 Å². The zero-order chi connectivity index (χ0) is 25.5. The van der Waals surface area contributed by atoms with Crippen molar-refractivity contribution in [1.29, 1.82) is 0 Å². The van der Waals surface area contributed by atoms with Gasteiger partial charge in [0.2, 0.25) is 11.8 Å². The van der Waals surface area contributed by atoms with E-state index in [1.165, 1.54) is 0 Å². The molecule has 0 unspecified atom stereocenters. The van der Waals surface area contributed by atoms with Gasteiger partial charge in [-0.1, -0.05) is 48.0 Å². The number of benzene rings is 3. The highest BCUT2D eigenvalue weighted by atomic mass is 35.5. The fourth-order valence-corrected chi connectivity index (χ4v) is 4.17. The Labute approximate surface area is 215 Å². The fourth-order valence-electron chi connectivity index (χ4n) is 3.99. The molecule has 0 saturated carbocycles. The minimum atomic E-state index is -0.386. The second-order valence-corrected chi connectivity index (χ2v) is 9.13. The Bertz CT molecular complexity index is 1230. The number of carbonyl (C=O) groups is 3. The van der Waals surface area contributed by atoms with Gasteiger partial charge in [0.15, 0.2) is 6.61 Å². The lowest BCUT2D eigenvalue weighted by Crippen LogP contribution is -2.34. The van der Waals surface area contributed by atoms with Crippen molar-refractivity contribution in [3.63, 3.8) is 0 Å². The fraction of sp³-hybridized carbons (Fsp3) is 0.250. The van der Waals surface area contributed by atoms with Gasteiger partial charge in [0.1, 0.15) is 5.75 Å². The van der Waals surface area contributed by atoms with Crippen molar-refractivity contribution < 1.29 is 19.1 Å². The normalized spacial score (nSPS) is 15.0. The van der Waals surface area contributed by atoms with Crippen LogP contribution in [-0.2, 0) is 20.8 Å². The molecule has 8 heteroatoms. The molecule has 186 valence electrons. The molecule has 3 amide bonds. The lowest BCUT2D eigenvalue weighted by molar-refractivity contribution is -0.126. The van der Waals surface area contributed by atoms with Crippen molar-refractivity contribution in [2.75, 3.05) is 29.9 Å². The van der Waals surface area contributed by atoms with Crippen LogP contribution < -0.4 is 20.3 Å². The summed E-state index contributed by atoms with van der Waals surface area (Å²) in [6.45, 7) is 2.58. The number of ether oxygens (including phenoxy) is 1. The summed E-state index contributed by atoms with van der Waals surface area (Å²) in [4.78, 5) is 38.9. The standard InChI is InChI=1S/C28H28ClN3O4/c1-19-7-8-22(16-25(19)29)31-26(33)18-36-24-11-9-23(10-12-24)32-17-21(15-27(32)34)28(35)30-14-13-20-5-3-2-4-6-20/h2-12,16,21H,13-15,17-18H2,1H3,(H,30,35)(H,31,33)/t21-/m0/s1. The van der Waals surface area contributed by atoms with Gasteiger partial charge in [0, 0.05) is 35.9 Å². The molecule has 0 bridgehead atoms. The van der Waals surface area contributed by atoms with Gasteiger partial charge in [0.05, 0.1) is 5.92 Å². The van der Waals surface area contributed by atoms with Crippen LogP contribution in [0.25, 0.3) is 0 Å². The van der Waals surface area contributed by atoms with E-state index in [0.29, 0.717) is 35.2 Å². The third-order valence-electron chi connectivity index (χ3n) is 6.03. The molecule has 36 heavy (non-hydrogen) atoms. The van der Waals surface area contributed by atoms with Crippen LogP contribution in [0.4, 0.5) is 11.4 Å². The van der Waals surface area contributed by atoms with Gasteiger partial charge in [-0.05, 0) is 60.9 Å². The molecule has 3 aromatic rings. The van der Waals surface area contributed by atoms with Crippen molar-refractivity contribution in [3.8, 4) is 5.75 Å². The van der Waals surface area contributed by atoms with Crippen molar-refractivity contribution in [1.82, 2.24) is 5.32 Å². The number of rotatable bonds is 9. The summed E-state index contributed by atoms with van der Waals surface area (Å²) in [7, 11) is 0. The number of halogens is 1. The molecule has 1 heterocycles. The third kappa shape index (κ3) is 6.64. The Morgan fingerprint density at radius 3 is 2.53 bits per heavy atom. The Morgan fingerprint density at radius 2 is 1.81 bits per heavy atom. The lowest BCUT2D eigenvalue weighted by atomic mass is 10.1. The molecule has 4 rings (SSSR count). The van der Waals surface area contributed by atoms with Crippen LogP contribution in [0.2, 0.25) is 5.02 Å². The molecular formula is C28H28ClN3O4. The highest BCUT2D eigenvalue weighted by Crippen LogP contribution is 2.27. The minimum absolute atomic E-state index is 0.0944. The summed E-state index contributed by atoms with van der Waals surface area (Å²) < 4.78 is 5.57. The number of hydrogen-bond acceptors (Lipinski definition) is 4. The number of nitrogens with one attached hydrogen (secondary N) is 2. The number of nitrogens with zero attached hydrogens (tertiary/aromatic N) is 1. The van der Waals surface area contributed by atoms with E-state index in [2.05, 4.69) is 10.6 Å². The lowest BCUT2D eigenvalue weighted by Gasteiger charge is -2.17. The summed E-state index contributed by atoms with van der Waals surface area (Å²) >= 11 is 6.09. The van der Waals surface area contributed by atoms with Crippen LogP contribution in [0.15, 0.2) is 72.8 Å². The monoisotopic (exact) mass is 505 g/mol. The van der Waals surface area contributed by atoms with Crippen molar-refractivity contribution in [3.05, 3.63) is 88.9 Å². The van der Waals surface area contributed by atoms with Gasteiger partial charge in [0.25, 0.3) is 5.91 Å². The topological polar surface area (TPSA) is 87.7 Å². The highest BCUT2D eigenvalue weighted by molar-refractivity contribution is 6.31. The number of hydrogen-bond donors (Lipinski definition) is 2. The predicted octanol–water partition coefficient (Wildman–Crippen LogP) is 4.38. The molecule has 7 nitrogen and oxygen atoms in total. The first-order valence-corrected chi connectivity index (χ1v) is 12.2. The van der Waals surface area contributed by atoms with E-state index in [0.717, 1.165) is 17.5 Å². The summed E-state index contributed by atoms with van der Waals surface area (Å²) in [5.41, 5.74) is 3.37. The van der Waals surface area contributed by atoms with Crippen molar-refractivity contribution in [2.45, 2.75) is 19.8 Å². The summed E-state index contributed by atoms with van der Waals surface area (Å²) in [5, 5.41) is 6.26. The van der Waals surface area contributed by atoms with Crippen LogP contribution in [0.5, 0.6) is 5.75 Å². The number of amides is 3. The zero-order valence-corrected chi connectivity index (χ0v) is 20.8. The molecule has 0 spiro atoms. The quantitative estimate of drug-likeness (QED) is 0.452. The van der Waals surface area contributed by atoms with E-state index in [-0.39, 0.29) is 36.7 Å². The molecule has 1 saturated heterocycles. The van der Waals surface area contributed by atoms with E-state index in [1.807, 2.05) is 43.3 Å². The molecule has 2 N–H and O–H groups in total. The van der Waals surface area contributed by atoms with E-state index in [4.69, 9.17) is 16.3 Å². The van der Waals surface area contributed by atoms with E-state index in [9.17, 15) is 14.4 Å². The van der Waals surface area contributed by atoms with Gasteiger partial charge in [-0.15, -0.1) is 0 Å². The SMILES string of the molecule is Cc1ccc(NC(=O)COc2ccc(N3C[C@@H](C(=O)NCCc4ccccc4)CC3=O)cc2)cc1Cl.